The zero-order valence-corrected chi connectivity index (χ0v) is 14.4. The second-order valence-corrected chi connectivity index (χ2v) is 6.83. The Morgan fingerprint density at radius 1 is 0.960 bits per heavy atom. The van der Waals surface area contributed by atoms with Gasteiger partial charge in [0.1, 0.15) is 0 Å². The van der Waals surface area contributed by atoms with Crippen LogP contribution in [0, 0.1) is 0 Å². The number of nitrogens with two attached hydrogens (primary N) is 2. The van der Waals surface area contributed by atoms with E-state index in [0.717, 1.165) is 28.0 Å². The average molecular weight is 353 g/mol. The first-order valence-electron chi connectivity index (χ1n) is 7.88. The van der Waals surface area contributed by atoms with Crippen molar-refractivity contribution in [1.82, 2.24) is 4.98 Å². The molecule has 0 saturated heterocycles. The fourth-order valence-electron chi connectivity index (χ4n) is 2.84. The quantitative estimate of drug-likeness (QED) is 0.608. The molecule has 5 nitrogen and oxygen atoms in total. The van der Waals surface area contributed by atoms with E-state index in [1.807, 2.05) is 48.2 Å². The molecule has 0 aliphatic carbocycles. The molecule has 5 N–H and O–H groups in total. The number of rotatable bonds is 7. The van der Waals surface area contributed by atoms with Crippen molar-refractivity contribution in [3.63, 3.8) is 0 Å². The molecule has 0 spiro atoms. The maximum atomic E-state index is 11.7. The Kier molecular flexibility index (Phi) is 5.09. The highest BCUT2D eigenvalue weighted by atomic mass is 32.2. The average Bonchev–Trinajstić information content (AvgIpc) is 2.92. The Hall–Kier alpha value is -2.73. The van der Waals surface area contributed by atoms with E-state index in [0.29, 0.717) is 11.3 Å². The monoisotopic (exact) mass is 353 g/mol. The van der Waals surface area contributed by atoms with Crippen LogP contribution in [-0.4, -0.2) is 16.8 Å². The molecular formula is C19H19N3O2S. The number of primary amides is 2. The van der Waals surface area contributed by atoms with Crippen molar-refractivity contribution >= 4 is 34.5 Å². The van der Waals surface area contributed by atoms with E-state index in [-0.39, 0.29) is 6.42 Å². The van der Waals surface area contributed by atoms with Crippen LogP contribution in [0.4, 0.5) is 0 Å². The highest BCUT2D eigenvalue weighted by Crippen LogP contribution is 2.26. The lowest BCUT2D eigenvalue weighted by atomic mass is 10.1. The topological polar surface area (TPSA) is 102 Å². The number of aromatic nitrogens is 1. The van der Waals surface area contributed by atoms with Gasteiger partial charge in [0.25, 0.3) is 5.91 Å². The van der Waals surface area contributed by atoms with Crippen LogP contribution in [0.5, 0.6) is 0 Å². The van der Waals surface area contributed by atoms with Crippen molar-refractivity contribution in [3.8, 4) is 0 Å². The van der Waals surface area contributed by atoms with Gasteiger partial charge >= 0.3 is 0 Å². The van der Waals surface area contributed by atoms with Crippen molar-refractivity contribution in [2.24, 2.45) is 11.5 Å². The fraction of sp³-hybridized carbons (Fsp3) is 0.158. The molecule has 25 heavy (non-hydrogen) atoms. The van der Waals surface area contributed by atoms with Crippen LogP contribution in [0.3, 0.4) is 0 Å². The number of carbonyl (C=O) groups is 2. The van der Waals surface area contributed by atoms with Gasteiger partial charge in [0.05, 0.1) is 12.0 Å². The van der Waals surface area contributed by atoms with E-state index < -0.39 is 11.8 Å². The molecular weight excluding hydrogens is 334 g/mol. The predicted molar refractivity (Wildman–Crippen MR) is 101 cm³/mol. The van der Waals surface area contributed by atoms with Gasteiger partial charge in [-0.25, -0.2) is 0 Å². The Labute approximate surface area is 149 Å². The molecule has 0 saturated carbocycles. The number of hydrogen-bond acceptors (Lipinski definition) is 3. The number of carbonyl (C=O) groups excluding carboxylic acids is 2. The number of aromatic amines is 1. The van der Waals surface area contributed by atoms with Crippen LogP contribution in [0.1, 0.15) is 27.2 Å². The summed E-state index contributed by atoms with van der Waals surface area (Å²) < 4.78 is 0. The Balaban J connectivity index is 1.79. The summed E-state index contributed by atoms with van der Waals surface area (Å²) in [6, 6.07) is 16.1. The SMILES string of the molecule is NC(=O)Cc1[nH]c2cc(CSCc3ccccc3)ccc2c1C(N)=O. The molecule has 0 unspecified atom stereocenters. The number of nitrogens with one attached hydrogen (secondary N) is 1. The lowest BCUT2D eigenvalue weighted by molar-refractivity contribution is -0.117. The van der Waals surface area contributed by atoms with Gasteiger partial charge in [-0.1, -0.05) is 42.5 Å². The Morgan fingerprint density at radius 2 is 1.68 bits per heavy atom. The molecule has 6 heteroatoms. The van der Waals surface area contributed by atoms with Crippen LogP contribution in [0.2, 0.25) is 0 Å². The standard InChI is InChI=1S/C19H19N3O2S/c20-17(23)9-16-18(19(21)24)14-7-6-13(8-15(14)22-16)11-25-10-12-4-2-1-3-5-12/h1-8,22H,9-11H2,(H2,20,23)(H2,21,24). The molecule has 0 radical (unpaired) electrons. The minimum absolute atomic E-state index is 0.0367. The first-order valence-corrected chi connectivity index (χ1v) is 9.03. The molecule has 2 aromatic carbocycles. The van der Waals surface area contributed by atoms with Crippen LogP contribution < -0.4 is 11.5 Å². The van der Waals surface area contributed by atoms with E-state index >= 15 is 0 Å². The summed E-state index contributed by atoms with van der Waals surface area (Å²) in [5, 5.41) is 0.723. The van der Waals surface area contributed by atoms with Gasteiger partial charge in [-0.05, 0) is 17.2 Å². The summed E-state index contributed by atoms with van der Waals surface area (Å²) in [7, 11) is 0. The lowest BCUT2D eigenvalue weighted by Gasteiger charge is -2.03. The minimum Gasteiger partial charge on any atom is -0.369 e. The molecule has 1 aromatic heterocycles. The molecule has 0 aliphatic heterocycles. The number of thioether (sulfide) groups is 1. The maximum absolute atomic E-state index is 11.7. The molecule has 2 amide bonds. The van der Waals surface area contributed by atoms with Gasteiger partial charge in [0.15, 0.2) is 0 Å². The van der Waals surface area contributed by atoms with E-state index in [2.05, 4.69) is 17.1 Å². The third-order valence-corrected chi connectivity index (χ3v) is 4.99. The second-order valence-electron chi connectivity index (χ2n) is 5.84. The van der Waals surface area contributed by atoms with Gasteiger partial charge < -0.3 is 16.5 Å². The van der Waals surface area contributed by atoms with E-state index in [1.54, 1.807) is 0 Å². The highest BCUT2D eigenvalue weighted by Gasteiger charge is 2.17. The van der Waals surface area contributed by atoms with Gasteiger partial charge in [-0.15, -0.1) is 0 Å². The van der Waals surface area contributed by atoms with Crippen LogP contribution >= 0.6 is 11.8 Å². The second kappa shape index (κ2) is 7.44. The molecule has 1 heterocycles. The van der Waals surface area contributed by atoms with Gasteiger partial charge in [-0.3, -0.25) is 9.59 Å². The summed E-state index contributed by atoms with van der Waals surface area (Å²) in [6.07, 6.45) is -0.0367. The number of benzene rings is 2. The Bertz CT molecular complexity index is 919. The van der Waals surface area contributed by atoms with E-state index in [4.69, 9.17) is 11.5 Å². The number of fused-ring (bicyclic) bond motifs is 1. The van der Waals surface area contributed by atoms with Crippen LogP contribution in [0.15, 0.2) is 48.5 Å². The molecule has 3 aromatic rings. The summed E-state index contributed by atoms with van der Waals surface area (Å²) >= 11 is 1.82. The number of amides is 2. The smallest absolute Gasteiger partial charge is 0.251 e. The zero-order valence-electron chi connectivity index (χ0n) is 13.6. The summed E-state index contributed by atoms with van der Waals surface area (Å²) in [5.74, 6) is 0.714. The van der Waals surface area contributed by atoms with Gasteiger partial charge in [0, 0.05) is 28.1 Å². The van der Waals surface area contributed by atoms with Crippen molar-refractivity contribution < 1.29 is 9.59 Å². The van der Waals surface area contributed by atoms with Crippen molar-refractivity contribution in [2.45, 2.75) is 17.9 Å². The van der Waals surface area contributed by atoms with Crippen LogP contribution in [0.25, 0.3) is 10.9 Å². The summed E-state index contributed by atoms with van der Waals surface area (Å²) in [6.45, 7) is 0. The van der Waals surface area contributed by atoms with Crippen LogP contribution in [-0.2, 0) is 22.7 Å². The molecule has 0 aliphatic rings. The predicted octanol–water partition coefficient (Wildman–Crippen LogP) is 2.73. The molecule has 3 rings (SSSR count). The number of hydrogen-bond donors (Lipinski definition) is 3. The molecule has 0 fully saturated rings. The maximum Gasteiger partial charge on any atom is 0.251 e. The van der Waals surface area contributed by atoms with Gasteiger partial charge in [-0.2, -0.15) is 11.8 Å². The Morgan fingerprint density at radius 3 is 2.36 bits per heavy atom. The third kappa shape index (κ3) is 4.03. The molecule has 128 valence electrons. The lowest BCUT2D eigenvalue weighted by Crippen LogP contribution is -2.18. The number of H-pyrrole nitrogens is 1. The summed E-state index contributed by atoms with van der Waals surface area (Å²) in [4.78, 5) is 26.1. The summed E-state index contributed by atoms with van der Waals surface area (Å²) in [5.41, 5.74) is 14.8. The van der Waals surface area contributed by atoms with Crippen molar-refractivity contribution in [3.05, 3.63) is 70.9 Å². The largest absolute Gasteiger partial charge is 0.369 e. The van der Waals surface area contributed by atoms with Crippen molar-refractivity contribution in [1.29, 1.82) is 0 Å². The fourth-order valence-corrected chi connectivity index (χ4v) is 3.78. The molecule has 0 atom stereocenters. The third-order valence-electron chi connectivity index (χ3n) is 3.92. The highest BCUT2D eigenvalue weighted by molar-refractivity contribution is 7.97. The normalized spacial score (nSPS) is 10.9. The van der Waals surface area contributed by atoms with E-state index in [9.17, 15) is 9.59 Å². The molecule has 0 bridgehead atoms. The zero-order chi connectivity index (χ0) is 17.8. The van der Waals surface area contributed by atoms with E-state index in [1.165, 1.54) is 5.56 Å². The first-order chi connectivity index (χ1) is 12.0. The van der Waals surface area contributed by atoms with Crippen molar-refractivity contribution in [2.75, 3.05) is 0 Å². The first kappa shape index (κ1) is 17.1. The van der Waals surface area contributed by atoms with Gasteiger partial charge in [0.2, 0.25) is 5.91 Å². The minimum atomic E-state index is -0.561.